The predicted molar refractivity (Wildman–Crippen MR) is 175 cm³/mol. The van der Waals surface area contributed by atoms with E-state index in [1.165, 1.54) is 0 Å². The molecule has 3 saturated carbocycles. The van der Waals surface area contributed by atoms with E-state index in [1.54, 1.807) is 11.3 Å². The molecule has 2 heterocycles. The molecule has 2 bridgehead atoms. The molecule has 9 rings (SSSR count). The van der Waals surface area contributed by atoms with Crippen molar-refractivity contribution < 1.29 is 20.1 Å². The highest BCUT2D eigenvalue weighted by Crippen LogP contribution is 2.78. The zero-order chi connectivity index (χ0) is 30.5. The lowest BCUT2D eigenvalue weighted by Gasteiger charge is -2.71. The maximum Gasteiger partial charge on any atom is 0.199 e. The minimum Gasteiger partial charge on any atom is -0.395 e. The van der Waals surface area contributed by atoms with Gasteiger partial charge in [0, 0.05) is 65.8 Å². The smallest absolute Gasteiger partial charge is 0.199 e. The first kappa shape index (κ1) is 29.5. The standard InChI is InChI=1S/C37H48N2O4S/c1-33-10-7-26(41)22-35(33)13-14-37(27(23-35)32(42)29-21-25-5-3-4-6-28(25)44-29)30(33)8-11-34(2)31(37)9-12-36(34,43)24-39-17-15-38(16-18-39)19-20-40/h3-6,13-14,21,23,26,30-31,40-41,43H,7-12,15-20,22,24H2,1-2H3/t26?,30-,31-,33-,34+,35+,36-,37-/m1/s1. The van der Waals surface area contributed by atoms with Crippen LogP contribution in [0, 0.1) is 33.5 Å². The van der Waals surface area contributed by atoms with Crippen molar-refractivity contribution in [2.75, 3.05) is 45.9 Å². The summed E-state index contributed by atoms with van der Waals surface area (Å²) in [5.41, 5.74) is -0.918. The van der Waals surface area contributed by atoms with E-state index < -0.39 is 11.0 Å². The van der Waals surface area contributed by atoms with Crippen LogP contribution in [-0.4, -0.2) is 88.5 Å². The Kier molecular flexibility index (Phi) is 6.75. The molecule has 1 aromatic heterocycles. The molecule has 4 fully saturated rings. The van der Waals surface area contributed by atoms with E-state index in [-0.39, 0.29) is 40.7 Å². The lowest BCUT2D eigenvalue weighted by molar-refractivity contribution is -0.177. The van der Waals surface area contributed by atoms with Gasteiger partial charge in [0.25, 0.3) is 0 Å². The third kappa shape index (κ3) is 3.86. The van der Waals surface area contributed by atoms with Crippen LogP contribution in [0.1, 0.15) is 68.5 Å². The molecule has 2 spiro atoms. The topological polar surface area (TPSA) is 84.2 Å². The van der Waals surface area contributed by atoms with Gasteiger partial charge in [0.2, 0.25) is 0 Å². The van der Waals surface area contributed by atoms with Gasteiger partial charge in [0.15, 0.2) is 5.78 Å². The first-order chi connectivity index (χ1) is 21.1. The van der Waals surface area contributed by atoms with Crippen molar-refractivity contribution in [1.82, 2.24) is 9.80 Å². The second kappa shape index (κ2) is 10.1. The Bertz CT molecular complexity index is 1510. The van der Waals surface area contributed by atoms with Crippen LogP contribution in [0.25, 0.3) is 10.1 Å². The van der Waals surface area contributed by atoms with Crippen LogP contribution in [0.5, 0.6) is 0 Å². The lowest BCUT2D eigenvalue weighted by Crippen LogP contribution is -2.67. The SMILES string of the molecule is C[C@]12CC[C@H]3[C@]4(C=C[C@@]5(C=C4C(=O)c4cc6ccccc6s4)CC(O)CC[C@]35C)[C@@H]1CC[C@@]2(O)CN1CCN(CCO)CC1. The molecule has 7 aliphatic rings. The van der Waals surface area contributed by atoms with E-state index in [4.69, 9.17) is 0 Å². The molecular weight excluding hydrogens is 568 g/mol. The normalized spacial score (nSPS) is 43.5. The Morgan fingerprint density at radius 1 is 0.955 bits per heavy atom. The first-order valence-corrected chi connectivity index (χ1v) is 17.8. The van der Waals surface area contributed by atoms with E-state index in [9.17, 15) is 20.1 Å². The number of allylic oxidation sites excluding steroid dienone is 4. The van der Waals surface area contributed by atoms with Crippen LogP contribution < -0.4 is 0 Å². The highest BCUT2D eigenvalue weighted by molar-refractivity contribution is 7.21. The van der Waals surface area contributed by atoms with Gasteiger partial charge < -0.3 is 15.3 Å². The summed E-state index contributed by atoms with van der Waals surface area (Å²) in [4.78, 5) is 20.4. The summed E-state index contributed by atoms with van der Waals surface area (Å²) in [5, 5.41) is 34.2. The fraction of sp³-hybridized carbons (Fsp3) is 0.649. The van der Waals surface area contributed by atoms with Crippen LogP contribution in [0.4, 0.5) is 0 Å². The lowest BCUT2D eigenvalue weighted by atomic mass is 9.32. The van der Waals surface area contributed by atoms with Crippen molar-refractivity contribution >= 4 is 27.2 Å². The largest absolute Gasteiger partial charge is 0.395 e. The number of ketones is 1. The molecule has 0 radical (unpaired) electrons. The summed E-state index contributed by atoms with van der Waals surface area (Å²) in [6.45, 7) is 10.1. The van der Waals surface area contributed by atoms with Crippen LogP contribution >= 0.6 is 11.3 Å². The molecule has 1 saturated heterocycles. The summed E-state index contributed by atoms with van der Waals surface area (Å²) in [6.07, 6.45) is 12.9. The van der Waals surface area contributed by atoms with Crippen LogP contribution in [0.3, 0.4) is 0 Å². The number of nitrogens with zero attached hydrogens (tertiary/aromatic N) is 2. The zero-order valence-electron chi connectivity index (χ0n) is 26.3. The highest BCUT2D eigenvalue weighted by atomic mass is 32.1. The van der Waals surface area contributed by atoms with Crippen molar-refractivity contribution in [3.63, 3.8) is 0 Å². The molecule has 3 N–H and O–H groups in total. The van der Waals surface area contributed by atoms with E-state index in [0.29, 0.717) is 25.4 Å². The maximum atomic E-state index is 14.9. The van der Waals surface area contributed by atoms with Crippen molar-refractivity contribution in [1.29, 1.82) is 0 Å². The number of thiophene rings is 1. The van der Waals surface area contributed by atoms with E-state index in [0.717, 1.165) is 85.2 Å². The molecule has 6 nitrogen and oxygen atoms in total. The Balaban J connectivity index is 1.20. The van der Waals surface area contributed by atoms with E-state index in [1.807, 2.05) is 12.1 Å². The predicted octanol–water partition coefficient (Wildman–Crippen LogP) is 5.29. The van der Waals surface area contributed by atoms with Crippen LogP contribution in [0.2, 0.25) is 0 Å². The van der Waals surface area contributed by atoms with Crippen molar-refractivity contribution in [3.8, 4) is 0 Å². The van der Waals surface area contributed by atoms with Gasteiger partial charge in [0.1, 0.15) is 0 Å². The number of carbonyl (C=O) groups is 1. The van der Waals surface area contributed by atoms with Gasteiger partial charge in [-0.3, -0.25) is 14.6 Å². The van der Waals surface area contributed by atoms with Gasteiger partial charge in [-0.1, -0.05) is 50.3 Å². The molecule has 44 heavy (non-hydrogen) atoms. The Morgan fingerprint density at radius 2 is 1.66 bits per heavy atom. The number of aliphatic hydroxyl groups excluding tert-OH is 2. The van der Waals surface area contributed by atoms with Gasteiger partial charge in [-0.2, -0.15) is 0 Å². The average molecular weight is 617 g/mol. The molecule has 1 aliphatic heterocycles. The third-order valence-electron chi connectivity index (χ3n) is 14.0. The molecule has 8 atom stereocenters. The number of hydrogen-bond acceptors (Lipinski definition) is 7. The van der Waals surface area contributed by atoms with Gasteiger partial charge in [-0.05, 0) is 79.7 Å². The summed E-state index contributed by atoms with van der Waals surface area (Å²) < 4.78 is 1.14. The number of hydrogen-bond donors (Lipinski definition) is 3. The van der Waals surface area contributed by atoms with Gasteiger partial charge in [0.05, 0.1) is 23.2 Å². The number of piperazine rings is 1. The number of β-amino-alcohol motifs (C(OH)–C–C–N with tert-alkyl or cyclic N) is 2. The molecule has 236 valence electrons. The molecular formula is C37H48N2O4S. The van der Waals surface area contributed by atoms with Gasteiger partial charge in [-0.15, -0.1) is 11.3 Å². The quantitative estimate of drug-likeness (QED) is 0.303. The minimum absolute atomic E-state index is 0.0179. The monoisotopic (exact) mass is 616 g/mol. The highest BCUT2D eigenvalue weighted by Gasteiger charge is 2.74. The fourth-order valence-electron chi connectivity index (χ4n) is 11.5. The van der Waals surface area contributed by atoms with Crippen molar-refractivity contribution in [2.24, 2.45) is 33.5 Å². The number of aliphatic hydroxyl groups is 3. The molecule has 0 amide bonds. The number of carbonyl (C=O) groups excluding carboxylic acids is 1. The third-order valence-corrected chi connectivity index (χ3v) is 15.1. The second-order valence-corrected chi connectivity index (χ2v) is 16.7. The number of Topliss-reactive ketones (excluding diaryl/α,β-unsaturated/α-hetero) is 1. The maximum absolute atomic E-state index is 14.9. The summed E-state index contributed by atoms with van der Waals surface area (Å²) in [7, 11) is 0. The summed E-state index contributed by atoms with van der Waals surface area (Å²) >= 11 is 1.60. The summed E-state index contributed by atoms with van der Waals surface area (Å²) in [5.74, 6) is 0.646. The van der Waals surface area contributed by atoms with Crippen LogP contribution in [-0.2, 0) is 0 Å². The zero-order valence-corrected chi connectivity index (χ0v) is 27.1. The minimum atomic E-state index is -0.814. The summed E-state index contributed by atoms with van der Waals surface area (Å²) in [6, 6.07) is 10.4. The number of benzene rings is 1. The van der Waals surface area contributed by atoms with Crippen LogP contribution in [0.15, 0.2) is 54.1 Å². The van der Waals surface area contributed by atoms with Gasteiger partial charge in [-0.25, -0.2) is 0 Å². The van der Waals surface area contributed by atoms with E-state index in [2.05, 4.69) is 60.1 Å². The first-order valence-electron chi connectivity index (χ1n) is 17.0. The number of rotatable bonds is 6. The molecule has 2 aromatic rings. The average Bonchev–Trinajstić information content (AvgIpc) is 3.56. The second-order valence-electron chi connectivity index (χ2n) is 15.6. The Morgan fingerprint density at radius 3 is 2.43 bits per heavy atom. The van der Waals surface area contributed by atoms with Crippen molar-refractivity contribution in [2.45, 2.75) is 70.5 Å². The van der Waals surface area contributed by atoms with E-state index >= 15 is 0 Å². The molecule has 1 aromatic carbocycles. The number of fused-ring (bicyclic) bond motifs is 2. The Labute approximate surface area is 265 Å². The van der Waals surface area contributed by atoms with Crippen molar-refractivity contribution in [3.05, 3.63) is 59.0 Å². The molecule has 1 unspecified atom stereocenters. The molecule has 7 heteroatoms. The fourth-order valence-corrected chi connectivity index (χ4v) is 12.5. The van der Waals surface area contributed by atoms with Gasteiger partial charge >= 0.3 is 0 Å². The Hall–Kier alpha value is -1.87. The molecule has 6 aliphatic carbocycles.